The molecule has 0 aliphatic carbocycles. The van der Waals surface area contributed by atoms with Crippen LogP contribution in [0.4, 0.5) is 0 Å². The molecule has 1 rings (SSSR count). The van der Waals surface area contributed by atoms with Crippen molar-refractivity contribution in [1.29, 1.82) is 0 Å². The molecular formula is C13H16O3S. The van der Waals surface area contributed by atoms with Crippen LogP contribution in [0.15, 0.2) is 24.3 Å². The maximum absolute atomic E-state index is 10.7. The van der Waals surface area contributed by atoms with Gasteiger partial charge in [0.2, 0.25) is 0 Å². The van der Waals surface area contributed by atoms with Crippen LogP contribution in [0.25, 0.3) is 6.08 Å². The van der Waals surface area contributed by atoms with Crippen molar-refractivity contribution in [3.05, 3.63) is 29.8 Å². The number of benzene rings is 1. The Bertz CT molecular complexity index is 413. The van der Waals surface area contributed by atoms with Gasteiger partial charge in [-0.3, -0.25) is 4.79 Å². The normalized spacial score (nSPS) is 10.7. The van der Waals surface area contributed by atoms with Gasteiger partial charge in [-0.15, -0.1) is 0 Å². The number of rotatable bonds is 5. The minimum absolute atomic E-state index is 0.130. The standard InChI is InChI=1S/C13H16O3S/c1-10(14)17-8-4-3-5-11-6-7-12(16-2)9-13(11)15/h3,5-7,9,15H,4,8H2,1-2H3. The molecule has 0 spiro atoms. The van der Waals surface area contributed by atoms with Crippen molar-refractivity contribution in [1.82, 2.24) is 0 Å². The molecule has 0 atom stereocenters. The highest BCUT2D eigenvalue weighted by atomic mass is 32.2. The van der Waals surface area contributed by atoms with Gasteiger partial charge in [0.1, 0.15) is 11.5 Å². The van der Waals surface area contributed by atoms with Crippen LogP contribution in [0.2, 0.25) is 0 Å². The summed E-state index contributed by atoms with van der Waals surface area (Å²) in [5, 5.41) is 9.81. The molecule has 0 saturated carbocycles. The molecule has 0 aromatic heterocycles. The lowest BCUT2D eigenvalue weighted by Gasteiger charge is -2.02. The van der Waals surface area contributed by atoms with Gasteiger partial charge in [-0.2, -0.15) is 0 Å². The third-order valence-electron chi connectivity index (χ3n) is 2.12. The van der Waals surface area contributed by atoms with Crippen molar-refractivity contribution in [2.24, 2.45) is 0 Å². The number of carbonyl (C=O) groups is 1. The second-order valence-electron chi connectivity index (χ2n) is 3.46. The van der Waals surface area contributed by atoms with E-state index in [-0.39, 0.29) is 10.9 Å². The highest BCUT2D eigenvalue weighted by Crippen LogP contribution is 2.24. The summed E-state index contributed by atoms with van der Waals surface area (Å²) in [5.74, 6) is 1.59. The van der Waals surface area contributed by atoms with Crippen LogP contribution >= 0.6 is 11.8 Å². The number of thioether (sulfide) groups is 1. The Morgan fingerprint density at radius 3 is 2.88 bits per heavy atom. The Hall–Kier alpha value is -1.42. The van der Waals surface area contributed by atoms with Gasteiger partial charge in [-0.05, 0) is 18.6 Å². The number of carbonyl (C=O) groups excluding carboxylic acids is 1. The topological polar surface area (TPSA) is 46.5 Å². The van der Waals surface area contributed by atoms with E-state index in [1.165, 1.54) is 11.8 Å². The number of phenolic OH excluding ortho intramolecular Hbond substituents is 1. The Kier molecular flexibility index (Phi) is 5.63. The Balaban J connectivity index is 2.50. The van der Waals surface area contributed by atoms with Crippen molar-refractivity contribution in [3.63, 3.8) is 0 Å². The van der Waals surface area contributed by atoms with E-state index in [0.717, 1.165) is 17.7 Å². The summed E-state index contributed by atoms with van der Waals surface area (Å²) in [4.78, 5) is 10.7. The quantitative estimate of drug-likeness (QED) is 0.818. The molecule has 0 aliphatic rings. The highest BCUT2D eigenvalue weighted by Gasteiger charge is 1.99. The zero-order chi connectivity index (χ0) is 12.7. The first-order valence-electron chi connectivity index (χ1n) is 5.30. The molecule has 1 aromatic carbocycles. The monoisotopic (exact) mass is 252 g/mol. The SMILES string of the molecule is COc1ccc(C=CCCSC(C)=O)c(O)c1. The zero-order valence-corrected chi connectivity index (χ0v) is 10.8. The van der Waals surface area contributed by atoms with E-state index in [2.05, 4.69) is 0 Å². The lowest BCUT2D eigenvalue weighted by Crippen LogP contribution is -1.84. The van der Waals surface area contributed by atoms with Crippen molar-refractivity contribution in [2.75, 3.05) is 12.9 Å². The predicted molar refractivity (Wildman–Crippen MR) is 71.4 cm³/mol. The van der Waals surface area contributed by atoms with Gasteiger partial charge in [-0.1, -0.05) is 23.9 Å². The van der Waals surface area contributed by atoms with E-state index in [4.69, 9.17) is 4.74 Å². The van der Waals surface area contributed by atoms with E-state index >= 15 is 0 Å². The number of phenols is 1. The molecular weight excluding hydrogens is 236 g/mol. The van der Waals surface area contributed by atoms with Gasteiger partial charge in [0.15, 0.2) is 5.12 Å². The van der Waals surface area contributed by atoms with Crippen molar-refractivity contribution >= 4 is 23.0 Å². The van der Waals surface area contributed by atoms with Gasteiger partial charge in [0, 0.05) is 24.3 Å². The molecule has 4 heteroatoms. The Morgan fingerprint density at radius 2 is 2.29 bits per heavy atom. The Morgan fingerprint density at radius 1 is 1.53 bits per heavy atom. The van der Waals surface area contributed by atoms with E-state index in [0.29, 0.717) is 5.75 Å². The van der Waals surface area contributed by atoms with Crippen LogP contribution in [-0.2, 0) is 4.79 Å². The largest absolute Gasteiger partial charge is 0.507 e. The van der Waals surface area contributed by atoms with Gasteiger partial charge in [-0.25, -0.2) is 0 Å². The summed E-state index contributed by atoms with van der Waals surface area (Å²) in [6, 6.07) is 5.16. The van der Waals surface area contributed by atoms with Crippen LogP contribution < -0.4 is 4.74 Å². The third-order valence-corrected chi connectivity index (χ3v) is 2.97. The fourth-order valence-electron chi connectivity index (χ4n) is 1.27. The van der Waals surface area contributed by atoms with E-state index in [1.54, 1.807) is 32.2 Å². The maximum Gasteiger partial charge on any atom is 0.185 e. The van der Waals surface area contributed by atoms with Crippen LogP contribution in [0.5, 0.6) is 11.5 Å². The molecule has 3 nitrogen and oxygen atoms in total. The van der Waals surface area contributed by atoms with Gasteiger partial charge in [0.25, 0.3) is 0 Å². The first-order valence-corrected chi connectivity index (χ1v) is 6.29. The molecule has 92 valence electrons. The third kappa shape index (κ3) is 4.95. The second kappa shape index (κ2) is 7.01. The average molecular weight is 252 g/mol. The summed E-state index contributed by atoms with van der Waals surface area (Å²) < 4.78 is 4.99. The van der Waals surface area contributed by atoms with E-state index < -0.39 is 0 Å². The predicted octanol–water partition coefficient (Wildman–Crippen LogP) is 3.08. The zero-order valence-electron chi connectivity index (χ0n) is 9.97. The fourth-order valence-corrected chi connectivity index (χ4v) is 1.81. The summed E-state index contributed by atoms with van der Waals surface area (Å²) in [6.07, 6.45) is 4.59. The summed E-state index contributed by atoms with van der Waals surface area (Å²) >= 11 is 1.30. The molecule has 0 heterocycles. The molecule has 1 N–H and O–H groups in total. The molecule has 0 saturated heterocycles. The molecule has 0 aliphatic heterocycles. The smallest absolute Gasteiger partial charge is 0.185 e. The lowest BCUT2D eigenvalue weighted by molar-refractivity contribution is -0.109. The van der Waals surface area contributed by atoms with Crippen LogP contribution in [0.1, 0.15) is 18.9 Å². The van der Waals surface area contributed by atoms with Crippen molar-refractivity contribution < 1.29 is 14.6 Å². The van der Waals surface area contributed by atoms with Gasteiger partial charge < -0.3 is 9.84 Å². The minimum atomic E-state index is 0.130. The fraction of sp³-hybridized carbons (Fsp3) is 0.308. The highest BCUT2D eigenvalue weighted by molar-refractivity contribution is 8.13. The maximum atomic E-state index is 10.7. The molecule has 1 aromatic rings. The first-order chi connectivity index (χ1) is 8.13. The van der Waals surface area contributed by atoms with E-state index in [1.807, 2.05) is 12.2 Å². The number of methoxy groups -OCH3 is 1. The molecule has 0 bridgehead atoms. The van der Waals surface area contributed by atoms with E-state index in [9.17, 15) is 9.90 Å². The lowest BCUT2D eigenvalue weighted by atomic mass is 10.1. The van der Waals surface area contributed by atoms with Crippen LogP contribution in [0, 0.1) is 0 Å². The van der Waals surface area contributed by atoms with Gasteiger partial charge in [0.05, 0.1) is 7.11 Å². The number of aromatic hydroxyl groups is 1. The number of hydrogen-bond donors (Lipinski definition) is 1. The summed E-state index contributed by atoms with van der Waals surface area (Å²) in [5.41, 5.74) is 0.749. The van der Waals surface area contributed by atoms with Gasteiger partial charge >= 0.3 is 0 Å². The van der Waals surface area contributed by atoms with Crippen LogP contribution in [0.3, 0.4) is 0 Å². The van der Waals surface area contributed by atoms with Crippen molar-refractivity contribution in [2.45, 2.75) is 13.3 Å². The molecule has 0 radical (unpaired) electrons. The van der Waals surface area contributed by atoms with Crippen LogP contribution in [-0.4, -0.2) is 23.1 Å². The number of hydrogen-bond acceptors (Lipinski definition) is 4. The molecule has 0 unspecified atom stereocenters. The summed E-state index contributed by atoms with van der Waals surface area (Å²) in [7, 11) is 1.56. The summed E-state index contributed by atoms with van der Waals surface area (Å²) in [6.45, 7) is 1.56. The molecule has 0 amide bonds. The first kappa shape index (κ1) is 13.6. The number of allylic oxidation sites excluding steroid dienone is 1. The average Bonchev–Trinajstić information content (AvgIpc) is 2.30. The molecule has 0 fully saturated rings. The Labute approximate surface area is 105 Å². The number of ether oxygens (including phenoxy) is 1. The minimum Gasteiger partial charge on any atom is -0.507 e. The molecule has 17 heavy (non-hydrogen) atoms. The second-order valence-corrected chi connectivity index (χ2v) is 4.73. The van der Waals surface area contributed by atoms with Crippen molar-refractivity contribution in [3.8, 4) is 11.5 Å².